The van der Waals surface area contributed by atoms with Crippen molar-refractivity contribution in [1.29, 1.82) is 0 Å². The highest BCUT2D eigenvalue weighted by Gasteiger charge is 2.57. The van der Waals surface area contributed by atoms with Gasteiger partial charge >= 0.3 is 35.8 Å². The third kappa shape index (κ3) is 14.6. The number of hydrogen-bond donors (Lipinski definition) is 0. The third-order valence-corrected chi connectivity index (χ3v) is 10.1. The summed E-state index contributed by atoms with van der Waals surface area (Å²) >= 11 is 0. The Morgan fingerprint density at radius 1 is 0.586 bits per heavy atom. The number of carbonyl (C=O) groups excluding carboxylic acids is 6. The van der Waals surface area contributed by atoms with Crippen molar-refractivity contribution in [3.05, 3.63) is 17.2 Å². The van der Waals surface area contributed by atoms with Gasteiger partial charge in [-0.1, -0.05) is 98.8 Å². The van der Waals surface area contributed by atoms with Crippen molar-refractivity contribution < 1.29 is 66.7 Å². The standard InChI is InChI=1S/C44H66O14/c1-7-12-17-22-32(45)52-28-31-39(55-34(47)24-19-14-9-3)42(57-36(49)26-21-16-11-5)43-41(54-31)37-29(44(50)58-43)27-30(53-33(46)23-18-13-8-2)38(51-6)40(37)56-35(48)25-20-15-10-4/h27,31,39,41-43H,7-26,28H2,1-6H3/t31-,39-,41+,42+,43+/m1/s1. The van der Waals surface area contributed by atoms with Crippen LogP contribution in [0.1, 0.15) is 185 Å². The smallest absolute Gasteiger partial charge is 0.339 e. The molecule has 2 heterocycles. The van der Waals surface area contributed by atoms with E-state index in [4.69, 9.17) is 37.9 Å². The monoisotopic (exact) mass is 818 g/mol. The summed E-state index contributed by atoms with van der Waals surface area (Å²) in [5.41, 5.74) is -0.125. The Labute approximate surface area is 343 Å². The molecule has 326 valence electrons. The quantitative estimate of drug-likeness (QED) is 0.0356. The van der Waals surface area contributed by atoms with Crippen LogP contribution in [0.15, 0.2) is 6.07 Å². The second-order valence-corrected chi connectivity index (χ2v) is 15.0. The molecule has 58 heavy (non-hydrogen) atoms. The van der Waals surface area contributed by atoms with Crippen molar-refractivity contribution >= 4 is 35.8 Å². The number of carbonyl (C=O) groups is 6. The van der Waals surface area contributed by atoms with E-state index in [1.54, 1.807) is 0 Å². The Kier molecular flexibility index (Phi) is 21.6. The van der Waals surface area contributed by atoms with Gasteiger partial charge in [0, 0.05) is 37.7 Å². The van der Waals surface area contributed by atoms with Crippen LogP contribution in [0.3, 0.4) is 0 Å². The van der Waals surface area contributed by atoms with E-state index in [9.17, 15) is 28.8 Å². The van der Waals surface area contributed by atoms with Crippen LogP contribution < -0.4 is 14.2 Å². The van der Waals surface area contributed by atoms with E-state index in [1.165, 1.54) is 13.2 Å². The number of ether oxygens (including phenoxy) is 8. The largest absolute Gasteiger partial charge is 0.490 e. The van der Waals surface area contributed by atoms with Gasteiger partial charge in [0.25, 0.3) is 0 Å². The van der Waals surface area contributed by atoms with E-state index < -0.39 is 72.9 Å². The van der Waals surface area contributed by atoms with Gasteiger partial charge in [-0.25, -0.2) is 4.79 Å². The van der Waals surface area contributed by atoms with E-state index in [-0.39, 0.29) is 60.5 Å². The maximum Gasteiger partial charge on any atom is 0.339 e. The van der Waals surface area contributed by atoms with Crippen molar-refractivity contribution in [2.45, 2.75) is 194 Å². The van der Waals surface area contributed by atoms with Crippen LogP contribution in [0.5, 0.6) is 17.2 Å². The zero-order valence-electron chi connectivity index (χ0n) is 35.5. The molecule has 0 N–H and O–H groups in total. The van der Waals surface area contributed by atoms with E-state index in [0.717, 1.165) is 64.2 Å². The summed E-state index contributed by atoms with van der Waals surface area (Å²) in [5, 5.41) is 0. The summed E-state index contributed by atoms with van der Waals surface area (Å²) in [6.07, 6.45) is 4.78. The van der Waals surface area contributed by atoms with E-state index in [2.05, 4.69) is 0 Å². The summed E-state index contributed by atoms with van der Waals surface area (Å²) < 4.78 is 47.8. The van der Waals surface area contributed by atoms with E-state index in [0.29, 0.717) is 32.1 Å². The number of benzene rings is 1. The molecule has 0 unspecified atom stereocenters. The number of hydrogen-bond acceptors (Lipinski definition) is 14. The van der Waals surface area contributed by atoms with Gasteiger partial charge in [-0.2, -0.15) is 0 Å². The highest BCUT2D eigenvalue weighted by Crippen LogP contribution is 2.52. The van der Waals surface area contributed by atoms with Crippen molar-refractivity contribution in [3.8, 4) is 17.2 Å². The first-order valence-electron chi connectivity index (χ1n) is 21.6. The molecular formula is C44H66O14. The van der Waals surface area contributed by atoms with Gasteiger partial charge in [0.15, 0.2) is 29.8 Å². The molecule has 0 aliphatic carbocycles. The van der Waals surface area contributed by atoms with Gasteiger partial charge < -0.3 is 37.9 Å². The number of methoxy groups -OCH3 is 1. The first-order chi connectivity index (χ1) is 28.0. The Morgan fingerprint density at radius 2 is 1.05 bits per heavy atom. The highest BCUT2D eigenvalue weighted by molar-refractivity contribution is 5.96. The average molecular weight is 819 g/mol. The first kappa shape index (κ1) is 48.2. The van der Waals surface area contributed by atoms with Crippen molar-refractivity contribution in [3.63, 3.8) is 0 Å². The van der Waals surface area contributed by atoms with Gasteiger partial charge in [0.1, 0.15) is 18.8 Å². The fourth-order valence-electron chi connectivity index (χ4n) is 6.93. The zero-order valence-corrected chi connectivity index (χ0v) is 35.5. The second kappa shape index (κ2) is 26.0. The molecule has 1 aromatic rings. The zero-order chi connectivity index (χ0) is 42.5. The van der Waals surface area contributed by atoms with Crippen LogP contribution >= 0.6 is 0 Å². The Morgan fingerprint density at radius 3 is 1.55 bits per heavy atom. The maximum absolute atomic E-state index is 14.1. The van der Waals surface area contributed by atoms with Gasteiger partial charge in [-0.05, 0) is 38.2 Å². The molecule has 14 nitrogen and oxygen atoms in total. The lowest BCUT2D eigenvalue weighted by atomic mass is 9.85. The van der Waals surface area contributed by atoms with Crippen LogP contribution in [-0.4, -0.2) is 73.9 Å². The van der Waals surface area contributed by atoms with Crippen molar-refractivity contribution in [1.82, 2.24) is 0 Å². The van der Waals surface area contributed by atoms with Crippen LogP contribution in [0, 0.1) is 0 Å². The fraction of sp³-hybridized carbons (Fsp3) is 0.727. The normalized spacial score (nSPS) is 19.6. The maximum atomic E-state index is 14.1. The Bertz CT molecular complexity index is 1510. The van der Waals surface area contributed by atoms with E-state index >= 15 is 0 Å². The molecule has 5 atom stereocenters. The topological polar surface area (TPSA) is 176 Å². The number of esters is 6. The minimum Gasteiger partial charge on any atom is -0.490 e. The predicted octanol–water partition coefficient (Wildman–Crippen LogP) is 8.75. The minimum absolute atomic E-state index is 0.0201. The molecular weight excluding hydrogens is 752 g/mol. The van der Waals surface area contributed by atoms with Gasteiger partial charge in [-0.15, -0.1) is 0 Å². The molecule has 0 bridgehead atoms. The lowest BCUT2D eigenvalue weighted by Crippen LogP contribution is -2.61. The molecule has 14 heteroatoms. The summed E-state index contributed by atoms with van der Waals surface area (Å²) in [6, 6.07) is 1.27. The molecule has 1 saturated heterocycles. The second-order valence-electron chi connectivity index (χ2n) is 15.0. The minimum atomic E-state index is -1.42. The number of fused-ring (bicyclic) bond motifs is 3. The molecule has 1 aromatic carbocycles. The van der Waals surface area contributed by atoms with Gasteiger partial charge in [-0.3, -0.25) is 24.0 Å². The molecule has 2 aliphatic heterocycles. The molecule has 1 fully saturated rings. The number of unbranched alkanes of at least 4 members (excludes halogenated alkanes) is 10. The molecule has 0 saturated carbocycles. The summed E-state index contributed by atoms with van der Waals surface area (Å²) in [6.45, 7) is 9.62. The fourth-order valence-corrected chi connectivity index (χ4v) is 6.93. The van der Waals surface area contributed by atoms with Crippen LogP contribution in [-0.2, 0) is 47.7 Å². The van der Waals surface area contributed by atoms with E-state index in [1.807, 2.05) is 34.6 Å². The first-order valence-corrected chi connectivity index (χ1v) is 21.6. The van der Waals surface area contributed by atoms with Crippen LogP contribution in [0.25, 0.3) is 0 Å². The molecule has 3 rings (SSSR count). The Balaban J connectivity index is 2.21. The van der Waals surface area contributed by atoms with Crippen molar-refractivity contribution in [2.75, 3.05) is 13.7 Å². The number of rotatable bonds is 27. The average Bonchev–Trinajstić information content (AvgIpc) is 3.19. The van der Waals surface area contributed by atoms with Gasteiger partial charge in [0.2, 0.25) is 5.75 Å². The lowest BCUT2D eigenvalue weighted by Gasteiger charge is -2.47. The molecule has 2 aliphatic rings. The molecule has 0 aromatic heterocycles. The van der Waals surface area contributed by atoms with Gasteiger partial charge in [0.05, 0.1) is 12.7 Å². The van der Waals surface area contributed by atoms with Crippen LogP contribution in [0.4, 0.5) is 0 Å². The molecule has 0 amide bonds. The van der Waals surface area contributed by atoms with Crippen LogP contribution in [0.2, 0.25) is 0 Å². The summed E-state index contributed by atoms with van der Waals surface area (Å²) in [5.74, 6) is -4.39. The lowest BCUT2D eigenvalue weighted by molar-refractivity contribution is -0.252. The highest BCUT2D eigenvalue weighted by atomic mass is 16.7. The third-order valence-electron chi connectivity index (χ3n) is 10.1. The summed E-state index contributed by atoms with van der Waals surface area (Å²) in [4.78, 5) is 80.2. The molecule has 0 spiro atoms. The molecule has 0 radical (unpaired) electrons. The van der Waals surface area contributed by atoms with Crippen molar-refractivity contribution in [2.24, 2.45) is 0 Å². The SMILES string of the molecule is CCCCCC(=O)OC[C@H]1O[C@H]2c3c(cc(OC(=O)CCCCC)c(OC)c3OC(=O)CCCCC)C(=O)O[C@@H]2[C@@H](OC(=O)CCCCC)[C@@H]1OC(=O)CCCCC. The summed E-state index contributed by atoms with van der Waals surface area (Å²) in [7, 11) is 1.31. The predicted molar refractivity (Wildman–Crippen MR) is 213 cm³/mol. The Hall–Kier alpha value is -4.20.